The molecular weight excluding hydrogens is 238 g/mol. The fraction of sp³-hybridized carbons (Fsp3) is 0.333. The molecule has 0 N–H and O–H groups in total. The van der Waals surface area contributed by atoms with Gasteiger partial charge >= 0.3 is 0 Å². The lowest BCUT2D eigenvalue weighted by Crippen LogP contribution is -2.19. The molecule has 90 valence electrons. The van der Waals surface area contributed by atoms with Crippen LogP contribution in [-0.4, -0.2) is 14.3 Å². The van der Waals surface area contributed by atoms with Crippen LogP contribution in [0.4, 0.5) is 0 Å². The molecule has 0 aliphatic carbocycles. The van der Waals surface area contributed by atoms with E-state index in [1.807, 2.05) is 20.0 Å². The van der Waals surface area contributed by atoms with Crippen LogP contribution in [-0.2, 0) is 20.0 Å². The maximum Gasteiger partial charge on any atom is 0.250 e. The molecular formula is C12H14ClN3O. The van der Waals surface area contributed by atoms with Crippen LogP contribution in [0, 0.1) is 0 Å². The molecule has 2 heterocycles. The van der Waals surface area contributed by atoms with Gasteiger partial charge in [-0.25, -0.2) is 0 Å². The van der Waals surface area contributed by atoms with Crippen LogP contribution in [0.25, 0.3) is 0 Å². The molecule has 2 rings (SSSR count). The van der Waals surface area contributed by atoms with Crippen molar-refractivity contribution in [1.29, 1.82) is 0 Å². The van der Waals surface area contributed by atoms with E-state index in [1.165, 1.54) is 6.07 Å². The van der Waals surface area contributed by atoms with Crippen LogP contribution in [0.1, 0.15) is 18.3 Å². The first kappa shape index (κ1) is 11.9. The molecule has 2 aromatic heterocycles. The molecule has 17 heavy (non-hydrogen) atoms. The Labute approximate surface area is 104 Å². The van der Waals surface area contributed by atoms with Gasteiger partial charge in [-0.05, 0) is 12.5 Å². The number of hydrogen-bond donors (Lipinski definition) is 0. The smallest absolute Gasteiger partial charge is 0.250 e. The number of nitrogens with zero attached hydrogens (tertiary/aromatic N) is 3. The lowest BCUT2D eigenvalue weighted by molar-refractivity contribution is 0.649. The number of pyridine rings is 1. The van der Waals surface area contributed by atoms with E-state index in [-0.39, 0.29) is 5.56 Å². The zero-order chi connectivity index (χ0) is 12.4. The van der Waals surface area contributed by atoms with Gasteiger partial charge in [0.1, 0.15) is 0 Å². The predicted octanol–water partition coefficient (Wildman–Crippen LogP) is 1.85. The molecule has 0 bridgehead atoms. The molecule has 0 aliphatic heterocycles. The minimum atomic E-state index is -0.0391. The second-order valence-corrected chi connectivity index (χ2v) is 4.23. The van der Waals surface area contributed by atoms with Crippen molar-refractivity contribution in [1.82, 2.24) is 14.3 Å². The standard InChI is InChI=1S/C12H14ClN3O/c1-3-9-12(13)10(15(2)14-9)8-16-7-5-4-6-11(16)17/h4-7H,3,8H2,1-2H3. The fourth-order valence-corrected chi connectivity index (χ4v) is 2.10. The largest absolute Gasteiger partial charge is 0.309 e. The quantitative estimate of drug-likeness (QED) is 0.835. The van der Waals surface area contributed by atoms with E-state index in [0.29, 0.717) is 11.6 Å². The summed E-state index contributed by atoms with van der Waals surface area (Å²) in [6.45, 7) is 2.45. The van der Waals surface area contributed by atoms with Crippen LogP contribution >= 0.6 is 11.6 Å². The van der Waals surface area contributed by atoms with Crippen molar-refractivity contribution in [3.05, 3.63) is 51.2 Å². The van der Waals surface area contributed by atoms with E-state index in [4.69, 9.17) is 11.6 Å². The monoisotopic (exact) mass is 251 g/mol. The van der Waals surface area contributed by atoms with Gasteiger partial charge in [-0.2, -0.15) is 5.10 Å². The second kappa shape index (κ2) is 4.75. The molecule has 0 amide bonds. The maximum absolute atomic E-state index is 11.6. The Kier molecular flexibility index (Phi) is 3.33. The van der Waals surface area contributed by atoms with E-state index in [0.717, 1.165) is 17.8 Å². The Morgan fingerprint density at radius 2 is 2.18 bits per heavy atom. The molecule has 0 atom stereocenters. The number of rotatable bonds is 3. The zero-order valence-corrected chi connectivity index (χ0v) is 10.6. The van der Waals surface area contributed by atoms with Gasteiger partial charge in [-0.15, -0.1) is 0 Å². The highest BCUT2D eigenvalue weighted by Crippen LogP contribution is 2.21. The topological polar surface area (TPSA) is 39.8 Å². The summed E-state index contributed by atoms with van der Waals surface area (Å²) in [5.74, 6) is 0. The molecule has 0 unspecified atom stereocenters. The van der Waals surface area contributed by atoms with E-state index < -0.39 is 0 Å². The molecule has 0 saturated carbocycles. The minimum absolute atomic E-state index is 0.0391. The molecule has 0 saturated heterocycles. The van der Waals surface area contributed by atoms with Crippen molar-refractivity contribution in [3.8, 4) is 0 Å². The average Bonchev–Trinajstić information content (AvgIpc) is 2.59. The highest BCUT2D eigenvalue weighted by Gasteiger charge is 2.13. The highest BCUT2D eigenvalue weighted by atomic mass is 35.5. The molecule has 0 spiro atoms. The van der Waals surface area contributed by atoms with Gasteiger partial charge in [0, 0.05) is 19.3 Å². The summed E-state index contributed by atoms with van der Waals surface area (Å²) < 4.78 is 3.35. The van der Waals surface area contributed by atoms with Crippen molar-refractivity contribution >= 4 is 11.6 Å². The Balaban J connectivity index is 2.40. The van der Waals surface area contributed by atoms with Crippen molar-refractivity contribution in [3.63, 3.8) is 0 Å². The fourth-order valence-electron chi connectivity index (χ4n) is 1.74. The minimum Gasteiger partial charge on any atom is -0.309 e. The Morgan fingerprint density at radius 3 is 2.76 bits per heavy atom. The summed E-state index contributed by atoms with van der Waals surface area (Å²) in [6.07, 6.45) is 2.54. The van der Waals surface area contributed by atoms with Gasteiger partial charge in [0.15, 0.2) is 0 Å². The van der Waals surface area contributed by atoms with Gasteiger partial charge in [-0.3, -0.25) is 9.48 Å². The lowest BCUT2D eigenvalue weighted by atomic mass is 10.3. The molecule has 5 heteroatoms. The average molecular weight is 252 g/mol. The molecule has 0 fully saturated rings. The van der Waals surface area contributed by atoms with Crippen LogP contribution < -0.4 is 5.56 Å². The highest BCUT2D eigenvalue weighted by molar-refractivity contribution is 6.31. The van der Waals surface area contributed by atoms with Crippen LogP contribution in [0.15, 0.2) is 29.2 Å². The number of aryl methyl sites for hydroxylation is 2. The van der Waals surface area contributed by atoms with E-state index >= 15 is 0 Å². The van der Waals surface area contributed by atoms with E-state index in [2.05, 4.69) is 5.10 Å². The Hall–Kier alpha value is -1.55. The molecule has 2 aromatic rings. The van der Waals surface area contributed by atoms with Crippen LogP contribution in [0.5, 0.6) is 0 Å². The van der Waals surface area contributed by atoms with Gasteiger partial charge in [0.25, 0.3) is 5.56 Å². The summed E-state index contributed by atoms with van der Waals surface area (Å²) in [5.41, 5.74) is 1.69. The summed E-state index contributed by atoms with van der Waals surface area (Å²) in [7, 11) is 1.84. The third kappa shape index (κ3) is 2.26. The first-order valence-corrected chi connectivity index (χ1v) is 5.87. The van der Waals surface area contributed by atoms with Gasteiger partial charge in [-0.1, -0.05) is 24.6 Å². The normalized spacial score (nSPS) is 10.8. The third-order valence-corrected chi connectivity index (χ3v) is 3.16. The third-order valence-electron chi connectivity index (χ3n) is 2.72. The zero-order valence-electron chi connectivity index (χ0n) is 9.85. The molecule has 0 radical (unpaired) electrons. The summed E-state index contributed by atoms with van der Waals surface area (Å²) in [5, 5.41) is 4.98. The van der Waals surface area contributed by atoms with E-state index in [9.17, 15) is 4.79 Å². The summed E-state index contributed by atoms with van der Waals surface area (Å²) in [4.78, 5) is 11.6. The summed E-state index contributed by atoms with van der Waals surface area (Å²) >= 11 is 6.23. The van der Waals surface area contributed by atoms with Crippen molar-refractivity contribution in [2.45, 2.75) is 19.9 Å². The van der Waals surface area contributed by atoms with Crippen molar-refractivity contribution in [2.75, 3.05) is 0 Å². The van der Waals surface area contributed by atoms with E-state index in [1.54, 1.807) is 21.5 Å². The second-order valence-electron chi connectivity index (χ2n) is 3.85. The van der Waals surface area contributed by atoms with Gasteiger partial charge in [0.05, 0.1) is 23.0 Å². The Morgan fingerprint density at radius 1 is 1.41 bits per heavy atom. The first-order chi connectivity index (χ1) is 8.13. The molecule has 0 aromatic carbocycles. The van der Waals surface area contributed by atoms with Crippen LogP contribution in [0.3, 0.4) is 0 Å². The Bertz CT molecular complexity index is 586. The van der Waals surface area contributed by atoms with Crippen LogP contribution in [0.2, 0.25) is 5.02 Å². The van der Waals surface area contributed by atoms with Crippen molar-refractivity contribution < 1.29 is 0 Å². The number of halogens is 1. The van der Waals surface area contributed by atoms with Gasteiger partial charge < -0.3 is 4.57 Å². The lowest BCUT2D eigenvalue weighted by Gasteiger charge is -2.05. The maximum atomic E-state index is 11.6. The van der Waals surface area contributed by atoms with Gasteiger partial charge in [0.2, 0.25) is 0 Å². The molecule has 4 nitrogen and oxygen atoms in total. The summed E-state index contributed by atoms with van der Waals surface area (Å²) in [6, 6.07) is 5.08. The predicted molar refractivity (Wildman–Crippen MR) is 67.4 cm³/mol. The molecule has 0 aliphatic rings. The number of aromatic nitrogens is 3. The first-order valence-electron chi connectivity index (χ1n) is 5.49. The number of hydrogen-bond acceptors (Lipinski definition) is 2. The SMILES string of the molecule is CCc1nn(C)c(Cn2ccccc2=O)c1Cl. The van der Waals surface area contributed by atoms with Crippen molar-refractivity contribution in [2.24, 2.45) is 7.05 Å².